The van der Waals surface area contributed by atoms with Crippen molar-refractivity contribution in [2.45, 2.75) is 31.3 Å². The lowest BCUT2D eigenvalue weighted by atomic mass is 10.2. The summed E-state index contributed by atoms with van der Waals surface area (Å²) in [5.41, 5.74) is 1.18. The molecule has 6 nitrogen and oxygen atoms in total. The Bertz CT molecular complexity index is 911. The minimum Gasteiger partial charge on any atom is -0.356 e. The van der Waals surface area contributed by atoms with Crippen LogP contribution in [0.2, 0.25) is 5.02 Å². The number of halogens is 1. The molecule has 0 amide bonds. The molecule has 0 atom stereocenters. The Labute approximate surface area is 187 Å². The molecule has 3 aromatic rings. The van der Waals surface area contributed by atoms with Gasteiger partial charge in [-0.15, -0.1) is 22.0 Å². The topological polar surface area (TPSA) is 67.1 Å². The number of guanidine groups is 1. The van der Waals surface area contributed by atoms with Crippen molar-refractivity contribution in [1.82, 2.24) is 25.4 Å². The van der Waals surface area contributed by atoms with Gasteiger partial charge in [-0.3, -0.25) is 0 Å². The second-order valence-electron chi connectivity index (χ2n) is 6.60. The highest BCUT2D eigenvalue weighted by atomic mass is 35.5. The van der Waals surface area contributed by atoms with E-state index in [1.165, 1.54) is 10.5 Å². The second kappa shape index (κ2) is 12.2. The number of aliphatic imine (C=N–C) groups is 1. The van der Waals surface area contributed by atoms with Crippen LogP contribution in [-0.2, 0) is 19.5 Å². The van der Waals surface area contributed by atoms with E-state index >= 15 is 0 Å². The minimum absolute atomic E-state index is 0.632. The van der Waals surface area contributed by atoms with E-state index in [1.54, 1.807) is 18.1 Å². The molecule has 0 unspecified atom stereocenters. The maximum absolute atomic E-state index is 5.95. The number of aromatic nitrogens is 3. The van der Waals surface area contributed by atoms with Crippen molar-refractivity contribution in [2.24, 2.45) is 4.99 Å². The SMILES string of the molecule is CCc1nncn1CCNC(=NCc1ccccc1)NCCSc1ccc(Cl)cc1. The van der Waals surface area contributed by atoms with Crippen LogP contribution in [-0.4, -0.2) is 39.6 Å². The Morgan fingerprint density at radius 2 is 1.83 bits per heavy atom. The number of thioether (sulfide) groups is 1. The molecule has 0 bridgehead atoms. The van der Waals surface area contributed by atoms with Gasteiger partial charge in [0.05, 0.1) is 6.54 Å². The van der Waals surface area contributed by atoms with Crippen LogP contribution < -0.4 is 10.6 Å². The van der Waals surface area contributed by atoms with Gasteiger partial charge in [0.25, 0.3) is 0 Å². The molecule has 3 rings (SSSR count). The number of hydrogen-bond donors (Lipinski definition) is 2. The van der Waals surface area contributed by atoms with Gasteiger partial charge in [0.15, 0.2) is 5.96 Å². The van der Waals surface area contributed by atoms with Crippen LogP contribution >= 0.6 is 23.4 Å². The summed E-state index contributed by atoms with van der Waals surface area (Å²) in [6.45, 7) is 5.06. The van der Waals surface area contributed by atoms with E-state index in [4.69, 9.17) is 16.6 Å². The standard InChI is InChI=1S/C22H27ClN6S/c1-2-21-28-27-17-29(21)14-12-24-22(26-16-18-6-4-3-5-7-18)25-13-15-30-20-10-8-19(23)9-11-20/h3-11,17H,2,12-16H2,1H3,(H2,24,25,26). The number of aryl methyl sites for hydroxylation is 1. The predicted molar refractivity (Wildman–Crippen MR) is 125 cm³/mol. The highest BCUT2D eigenvalue weighted by Gasteiger charge is 2.03. The van der Waals surface area contributed by atoms with E-state index in [9.17, 15) is 0 Å². The molecular formula is C22H27ClN6S. The molecule has 0 aliphatic rings. The molecule has 158 valence electrons. The third-order valence-corrected chi connectivity index (χ3v) is 5.66. The number of rotatable bonds is 10. The Morgan fingerprint density at radius 3 is 2.60 bits per heavy atom. The first kappa shape index (κ1) is 22.2. The van der Waals surface area contributed by atoms with Crippen molar-refractivity contribution < 1.29 is 0 Å². The molecule has 0 spiro atoms. The number of hydrogen-bond acceptors (Lipinski definition) is 4. The molecule has 0 aliphatic carbocycles. The van der Waals surface area contributed by atoms with Crippen molar-refractivity contribution in [3.05, 3.63) is 77.3 Å². The minimum atomic E-state index is 0.632. The summed E-state index contributed by atoms with van der Waals surface area (Å²) in [4.78, 5) is 5.94. The van der Waals surface area contributed by atoms with Gasteiger partial charge in [0.1, 0.15) is 12.2 Å². The maximum Gasteiger partial charge on any atom is 0.191 e. The lowest BCUT2D eigenvalue weighted by molar-refractivity contribution is 0.633. The number of benzene rings is 2. The van der Waals surface area contributed by atoms with E-state index in [-0.39, 0.29) is 0 Å². The first-order valence-electron chi connectivity index (χ1n) is 10.1. The molecule has 2 aromatic carbocycles. The molecule has 30 heavy (non-hydrogen) atoms. The Kier molecular flexibility index (Phi) is 9.05. The highest BCUT2D eigenvalue weighted by Crippen LogP contribution is 2.19. The predicted octanol–water partition coefficient (Wildman–Crippen LogP) is 4.02. The largest absolute Gasteiger partial charge is 0.356 e. The van der Waals surface area contributed by atoms with Gasteiger partial charge in [-0.1, -0.05) is 48.9 Å². The zero-order chi connectivity index (χ0) is 21.0. The molecule has 0 saturated heterocycles. The molecular weight excluding hydrogens is 416 g/mol. The van der Waals surface area contributed by atoms with Gasteiger partial charge >= 0.3 is 0 Å². The van der Waals surface area contributed by atoms with Crippen molar-refractivity contribution in [3.63, 3.8) is 0 Å². The van der Waals surface area contributed by atoms with Crippen LogP contribution in [0.4, 0.5) is 0 Å². The zero-order valence-electron chi connectivity index (χ0n) is 17.1. The summed E-state index contributed by atoms with van der Waals surface area (Å²) < 4.78 is 2.07. The van der Waals surface area contributed by atoms with Crippen molar-refractivity contribution in [3.8, 4) is 0 Å². The molecule has 1 aromatic heterocycles. The van der Waals surface area contributed by atoms with Crippen LogP contribution in [0.5, 0.6) is 0 Å². The normalized spacial score (nSPS) is 11.5. The summed E-state index contributed by atoms with van der Waals surface area (Å²) in [5.74, 6) is 2.73. The lowest BCUT2D eigenvalue weighted by Gasteiger charge is -2.13. The molecule has 8 heteroatoms. The molecule has 0 radical (unpaired) electrons. The number of nitrogens with one attached hydrogen (secondary N) is 2. The Balaban J connectivity index is 1.51. The van der Waals surface area contributed by atoms with Crippen LogP contribution in [0.3, 0.4) is 0 Å². The van der Waals surface area contributed by atoms with E-state index in [0.717, 1.165) is 48.6 Å². The summed E-state index contributed by atoms with van der Waals surface area (Å²) in [5, 5.41) is 15.7. The van der Waals surface area contributed by atoms with Crippen LogP contribution in [0, 0.1) is 0 Å². The average molecular weight is 443 g/mol. The van der Waals surface area contributed by atoms with Gasteiger partial charge in [-0.2, -0.15) is 0 Å². The summed E-state index contributed by atoms with van der Waals surface area (Å²) in [6.07, 6.45) is 2.65. The van der Waals surface area contributed by atoms with Gasteiger partial charge in [0.2, 0.25) is 0 Å². The Morgan fingerprint density at radius 1 is 1.07 bits per heavy atom. The van der Waals surface area contributed by atoms with Gasteiger partial charge in [-0.25, -0.2) is 4.99 Å². The lowest BCUT2D eigenvalue weighted by Crippen LogP contribution is -2.40. The molecule has 0 saturated carbocycles. The van der Waals surface area contributed by atoms with E-state index in [0.29, 0.717) is 6.54 Å². The molecule has 1 heterocycles. The quantitative estimate of drug-likeness (QED) is 0.215. The van der Waals surface area contributed by atoms with Crippen molar-refractivity contribution in [2.75, 3.05) is 18.8 Å². The van der Waals surface area contributed by atoms with E-state index < -0.39 is 0 Å². The average Bonchev–Trinajstić information content (AvgIpc) is 3.24. The van der Waals surface area contributed by atoms with Crippen LogP contribution in [0.25, 0.3) is 0 Å². The summed E-state index contributed by atoms with van der Waals surface area (Å²) in [6, 6.07) is 18.2. The zero-order valence-corrected chi connectivity index (χ0v) is 18.7. The second-order valence-corrected chi connectivity index (χ2v) is 8.21. The smallest absolute Gasteiger partial charge is 0.191 e. The maximum atomic E-state index is 5.95. The van der Waals surface area contributed by atoms with Crippen LogP contribution in [0.15, 0.2) is 70.8 Å². The molecule has 0 fully saturated rings. The monoisotopic (exact) mass is 442 g/mol. The molecule has 2 N–H and O–H groups in total. The summed E-state index contributed by atoms with van der Waals surface area (Å²) in [7, 11) is 0. The van der Waals surface area contributed by atoms with Crippen molar-refractivity contribution >= 4 is 29.3 Å². The first-order chi connectivity index (χ1) is 14.7. The van der Waals surface area contributed by atoms with E-state index in [1.807, 2.05) is 42.5 Å². The highest BCUT2D eigenvalue weighted by molar-refractivity contribution is 7.99. The van der Waals surface area contributed by atoms with E-state index in [2.05, 4.69) is 44.5 Å². The van der Waals surface area contributed by atoms with Crippen molar-refractivity contribution in [1.29, 1.82) is 0 Å². The fourth-order valence-electron chi connectivity index (χ4n) is 2.83. The van der Waals surface area contributed by atoms with Gasteiger partial charge in [0, 0.05) is 41.7 Å². The van der Waals surface area contributed by atoms with Gasteiger partial charge in [-0.05, 0) is 29.8 Å². The Hall–Kier alpha value is -2.51. The third-order valence-electron chi connectivity index (χ3n) is 4.40. The summed E-state index contributed by atoms with van der Waals surface area (Å²) >= 11 is 7.74. The van der Waals surface area contributed by atoms with Crippen LogP contribution in [0.1, 0.15) is 18.3 Å². The fourth-order valence-corrected chi connectivity index (χ4v) is 3.73. The number of nitrogens with zero attached hydrogens (tertiary/aromatic N) is 4. The van der Waals surface area contributed by atoms with Gasteiger partial charge < -0.3 is 15.2 Å². The fraction of sp³-hybridized carbons (Fsp3) is 0.318. The molecule has 0 aliphatic heterocycles. The third kappa shape index (κ3) is 7.39. The first-order valence-corrected chi connectivity index (χ1v) is 11.4.